The van der Waals surface area contributed by atoms with E-state index in [4.69, 9.17) is 0 Å². The molecular weight excluding hydrogens is 546 g/mol. The molecule has 0 aliphatic heterocycles. The molecule has 0 bridgehead atoms. The first-order valence-electron chi connectivity index (χ1n) is 11.6. The molecule has 0 N–H and O–H groups in total. The van der Waals surface area contributed by atoms with Crippen LogP contribution in [0.25, 0.3) is 6.56 Å². The SMILES string of the molecule is CC1(c2ccccc2)C=[C]([Zr+2][C]2=CC(C)(c3ccccc3)c3ccccc32)c2ccccc21.[Cl-].[Cl-]. The van der Waals surface area contributed by atoms with Crippen LogP contribution in [0.1, 0.15) is 47.2 Å². The third-order valence-electron chi connectivity index (χ3n) is 7.44. The Bertz CT molecular complexity index is 1300. The summed E-state index contributed by atoms with van der Waals surface area (Å²) in [6.45, 7) is 4.78. The van der Waals surface area contributed by atoms with E-state index >= 15 is 0 Å². The van der Waals surface area contributed by atoms with Gasteiger partial charge in [-0.15, -0.1) is 0 Å². The normalized spacial score (nSPS) is 21.4. The van der Waals surface area contributed by atoms with E-state index in [1.807, 2.05) is 0 Å². The molecule has 0 heterocycles. The van der Waals surface area contributed by atoms with Crippen LogP contribution in [0.2, 0.25) is 0 Å². The van der Waals surface area contributed by atoms with Gasteiger partial charge in [-0.3, -0.25) is 0 Å². The van der Waals surface area contributed by atoms with E-state index in [0.717, 1.165) is 0 Å². The zero-order valence-electron chi connectivity index (χ0n) is 19.8. The largest absolute Gasteiger partial charge is 1.00 e. The molecule has 2 aliphatic carbocycles. The summed E-state index contributed by atoms with van der Waals surface area (Å²) in [7, 11) is 0. The van der Waals surface area contributed by atoms with Crippen LogP contribution in [-0.2, 0) is 34.1 Å². The van der Waals surface area contributed by atoms with Gasteiger partial charge >= 0.3 is 209 Å². The molecule has 0 fully saturated rings. The van der Waals surface area contributed by atoms with Gasteiger partial charge in [0.1, 0.15) is 0 Å². The second-order valence-corrected chi connectivity index (χ2v) is 12.7. The topological polar surface area (TPSA) is 0 Å². The van der Waals surface area contributed by atoms with Gasteiger partial charge in [0.2, 0.25) is 0 Å². The predicted molar refractivity (Wildman–Crippen MR) is 135 cm³/mol. The molecule has 172 valence electrons. The molecule has 0 saturated heterocycles. The number of hydrogen-bond acceptors (Lipinski definition) is 0. The molecule has 2 atom stereocenters. The summed E-state index contributed by atoms with van der Waals surface area (Å²) < 4.78 is 3.19. The van der Waals surface area contributed by atoms with Crippen molar-refractivity contribution >= 4 is 6.56 Å². The van der Waals surface area contributed by atoms with Crippen LogP contribution in [0.15, 0.2) is 121 Å². The molecule has 0 aromatic heterocycles. The van der Waals surface area contributed by atoms with Gasteiger partial charge in [-0.25, -0.2) is 0 Å². The maximum absolute atomic E-state index is 2.58. The summed E-state index contributed by atoms with van der Waals surface area (Å²) in [4.78, 5) is 0. The Labute approximate surface area is 232 Å². The molecular formula is C32H26Cl2Zr. The van der Waals surface area contributed by atoms with Gasteiger partial charge in [-0.05, 0) is 0 Å². The standard InChI is InChI=1S/2C16H13.2ClH.Zr/c2*1-16(14-8-3-2-4-9-14)12-11-13-7-5-6-10-15(13)16;;;/h2*2-10,12H,1H3;2*1H;/q;;;;+2/p-2. The molecule has 2 aliphatic rings. The quantitative estimate of drug-likeness (QED) is 0.350. The molecule has 0 amide bonds. The van der Waals surface area contributed by atoms with Crippen molar-refractivity contribution in [1.82, 2.24) is 0 Å². The summed E-state index contributed by atoms with van der Waals surface area (Å²) in [5.74, 6) is 0. The van der Waals surface area contributed by atoms with E-state index in [0.29, 0.717) is 0 Å². The van der Waals surface area contributed by atoms with Gasteiger partial charge in [0.15, 0.2) is 0 Å². The van der Waals surface area contributed by atoms with Gasteiger partial charge in [0.25, 0.3) is 0 Å². The van der Waals surface area contributed by atoms with Crippen molar-refractivity contribution in [2.24, 2.45) is 0 Å². The second-order valence-electron chi connectivity index (χ2n) is 9.47. The fourth-order valence-corrected chi connectivity index (χ4v) is 9.85. The van der Waals surface area contributed by atoms with E-state index in [1.165, 1.54) is 33.4 Å². The van der Waals surface area contributed by atoms with Crippen molar-refractivity contribution in [2.75, 3.05) is 0 Å². The summed E-state index contributed by atoms with van der Waals surface area (Å²) in [6.07, 6.45) is 5.17. The first-order valence-corrected chi connectivity index (χ1v) is 14.1. The maximum atomic E-state index is 2.58. The third kappa shape index (κ3) is 4.23. The van der Waals surface area contributed by atoms with Crippen LogP contribution in [0.3, 0.4) is 0 Å². The van der Waals surface area contributed by atoms with Crippen LogP contribution in [0.5, 0.6) is 0 Å². The Morgan fingerprint density at radius 3 is 1.20 bits per heavy atom. The van der Waals surface area contributed by atoms with E-state index in [2.05, 4.69) is 135 Å². The number of hydrogen-bond donors (Lipinski definition) is 0. The fraction of sp³-hybridized carbons (Fsp3) is 0.125. The molecule has 4 aromatic rings. The summed E-state index contributed by atoms with van der Waals surface area (Å²) in [6, 6.07) is 40.1. The zero-order chi connectivity index (χ0) is 22.5. The van der Waals surface area contributed by atoms with Crippen LogP contribution in [0, 0.1) is 0 Å². The van der Waals surface area contributed by atoms with Crippen molar-refractivity contribution in [1.29, 1.82) is 0 Å². The molecule has 0 spiro atoms. The average molecular weight is 573 g/mol. The van der Waals surface area contributed by atoms with Crippen LogP contribution < -0.4 is 24.8 Å². The van der Waals surface area contributed by atoms with Crippen LogP contribution >= 0.6 is 0 Å². The fourth-order valence-electron chi connectivity index (χ4n) is 5.63. The van der Waals surface area contributed by atoms with Crippen molar-refractivity contribution in [3.8, 4) is 0 Å². The summed E-state index contributed by atoms with van der Waals surface area (Å²) >= 11 is -1.04. The van der Waals surface area contributed by atoms with E-state index in [-0.39, 0.29) is 35.6 Å². The monoisotopic (exact) mass is 570 g/mol. The predicted octanol–water partition coefficient (Wildman–Crippen LogP) is 1.80. The summed E-state index contributed by atoms with van der Waals surface area (Å²) in [5.41, 5.74) is 8.45. The molecule has 0 radical (unpaired) electrons. The molecule has 0 nitrogen and oxygen atoms in total. The zero-order valence-corrected chi connectivity index (χ0v) is 23.8. The number of allylic oxidation sites excluding steroid dienone is 2. The minimum Gasteiger partial charge on any atom is -1.00 e. The van der Waals surface area contributed by atoms with Gasteiger partial charge in [0.05, 0.1) is 0 Å². The smallest absolute Gasteiger partial charge is 1.00 e. The minimum atomic E-state index is -1.04. The van der Waals surface area contributed by atoms with Crippen LogP contribution in [-0.4, -0.2) is 0 Å². The van der Waals surface area contributed by atoms with Gasteiger partial charge in [0, 0.05) is 0 Å². The van der Waals surface area contributed by atoms with Crippen LogP contribution in [0.4, 0.5) is 0 Å². The van der Waals surface area contributed by atoms with Gasteiger partial charge in [-0.1, -0.05) is 0 Å². The number of benzene rings is 4. The van der Waals surface area contributed by atoms with E-state index < -0.39 is 23.2 Å². The Kier molecular flexibility index (Phi) is 7.44. The van der Waals surface area contributed by atoms with Gasteiger partial charge in [-0.2, -0.15) is 0 Å². The molecule has 3 heteroatoms. The molecule has 4 aromatic carbocycles. The molecule has 35 heavy (non-hydrogen) atoms. The van der Waals surface area contributed by atoms with Crippen molar-refractivity contribution < 1.29 is 48.0 Å². The maximum Gasteiger partial charge on any atom is -1.00 e. The Hall–Kier alpha value is -2.18. The number of rotatable bonds is 4. The first-order chi connectivity index (χ1) is 16.1. The number of halogens is 2. The number of fused-ring (bicyclic) bond motifs is 2. The molecule has 2 unspecified atom stereocenters. The van der Waals surface area contributed by atoms with Gasteiger partial charge < -0.3 is 24.8 Å². The van der Waals surface area contributed by atoms with Crippen molar-refractivity contribution in [3.63, 3.8) is 0 Å². The van der Waals surface area contributed by atoms with E-state index in [1.54, 1.807) is 6.56 Å². The first kappa shape index (κ1) is 25.9. The van der Waals surface area contributed by atoms with Crippen molar-refractivity contribution in [2.45, 2.75) is 24.7 Å². The van der Waals surface area contributed by atoms with E-state index in [9.17, 15) is 0 Å². The Morgan fingerprint density at radius 2 is 0.800 bits per heavy atom. The molecule has 6 rings (SSSR count). The summed E-state index contributed by atoms with van der Waals surface area (Å²) in [5, 5.41) is 0. The molecule has 0 saturated carbocycles. The average Bonchev–Trinajstić information content (AvgIpc) is 3.33. The Morgan fingerprint density at radius 1 is 0.457 bits per heavy atom. The third-order valence-corrected chi connectivity index (χ3v) is 10.8. The second kappa shape index (κ2) is 10.1. The van der Waals surface area contributed by atoms with Crippen molar-refractivity contribution in [3.05, 3.63) is 155 Å². The Balaban J connectivity index is 0.00000144. The minimum absolute atomic E-state index is 0.